The van der Waals surface area contributed by atoms with E-state index < -0.39 is 12.3 Å². The summed E-state index contributed by atoms with van der Waals surface area (Å²) in [4.78, 5) is 1.55. The lowest BCUT2D eigenvalue weighted by Gasteiger charge is -2.34. The van der Waals surface area contributed by atoms with E-state index in [0.29, 0.717) is 18.1 Å². The van der Waals surface area contributed by atoms with Crippen molar-refractivity contribution < 1.29 is 17.9 Å². The maximum Gasteiger partial charge on any atom is 0.416 e. The van der Waals surface area contributed by atoms with Gasteiger partial charge in [0.05, 0.1) is 18.8 Å². The van der Waals surface area contributed by atoms with Crippen molar-refractivity contribution in [1.29, 1.82) is 0 Å². The highest BCUT2D eigenvalue weighted by molar-refractivity contribution is 5.59. The van der Waals surface area contributed by atoms with Crippen molar-refractivity contribution in [2.75, 3.05) is 24.6 Å². The molecule has 1 aliphatic heterocycles. The smallest absolute Gasteiger partial charge is 0.365 e. The van der Waals surface area contributed by atoms with Crippen molar-refractivity contribution in [2.45, 2.75) is 12.3 Å². The van der Waals surface area contributed by atoms with Gasteiger partial charge in [-0.05, 0) is 12.1 Å². The number of hydrogen-bond acceptors (Lipinski definition) is 4. The summed E-state index contributed by atoms with van der Waals surface area (Å²) >= 11 is 0. The molecule has 0 saturated carbocycles. The van der Waals surface area contributed by atoms with Crippen molar-refractivity contribution in [3.8, 4) is 11.3 Å². The first-order valence-corrected chi connectivity index (χ1v) is 6.86. The Labute approximate surface area is 125 Å². The van der Waals surface area contributed by atoms with Gasteiger partial charge in [-0.2, -0.15) is 13.2 Å². The molecule has 4 nitrogen and oxygen atoms in total. The van der Waals surface area contributed by atoms with Gasteiger partial charge < -0.3 is 9.64 Å². The van der Waals surface area contributed by atoms with E-state index in [2.05, 4.69) is 10.2 Å². The molecule has 0 N–H and O–H groups in total. The van der Waals surface area contributed by atoms with E-state index in [9.17, 15) is 13.2 Å². The average molecular weight is 309 g/mol. The Morgan fingerprint density at radius 3 is 2.45 bits per heavy atom. The number of morpholine rings is 1. The highest BCUT2D eigenvalue weighted by atomic mass is 19.4. The van der Waals surface area contributed by atoms with Crippen LogP contribution in [-0.4, -0.2) is 42.2 Å². The van der Waals surface area contributed by atoms with Crippen LogP contribution in [0.2, 0.25) is 0 Å². The van der Waals surface area contributed by atoms with Crippen LogP contribution in [0.25, 0.3) is 11.3 Å². The van der Waals surface area contributed by atoms with Crippen LogP contribution in [0.1, 0.15) is 0 Å². The zero-order valence-corrected chi connectivity index (χ0v) is 11.6. The lowest BCUT2D eigenvalue weighted by molar-refractivity contribution is -0.221. The fourth-order valence-electron chi connectivity index (χ4n) is 2.31. The van der Waals surface area contributed by atoms with Crippen molar-refractivity contribution in [3.63, 3.8) is 0 Å². The van der Waals surface area contributed by atoms with Gasteiger partial charge in [0.1, 0.15) is 0 Å². The summed E-state index contributed by atoms with van der Waals surface area (Å²) in [6.07, 6.45) is -6.15. The van der Waals surface area contributed by atoms with Gasteiger partial charge in [0.25, 0.3) is 0 Å². The first kappa shape index (κ1) is 14.8. The fraction of sp³-hybridized carbons (Fsp3) is 0.333. The third kappa shape index (κ3) is 3.19. The van der Waals surface area contributed by atoms with Crippen LogP contribution in [0.4, 0.5) is 19.0 Å². The largest absolute Gasteiger partial charge is 0.416 e. The minimum Gasteiger partial charge on any atom is -0.365 e. The molecule has 7 heteroatoms. The van der Waals surface area contributed by atoms with Crippen LogP contribution in [-0.2, 0) is 4.74 Å². The summed E-state index contributed by atoms with van der Waals surface area (Å²) in [5.41, 5.74) is 1.60. The van der Waals surface area contributed by atoms with Gasteiger partial charge in [0.15, 0.2) is 11.9 Å². The number of rotatable bonds is 2. The number of aromatic nitrogens is 2. The Kier molecular flexibility index (Phi) is 3.98. The van der Waals surface area contributed by atoms with Gasteiger partial charge >= 0.3 is 6.18 Å². The summed E-state index contributed by atoms with van der Waals surface area (Å²) in [5.74, 6) is 0.428. The number of ether oxygens (including phenoxy) is 1. The highest BCUT2D eigenvalue weighted by Crippen LogP contribution is 2.27. The molecule has 0 radical (unpaired) electrons. The van der Waals surface area contributed by atoms with Gasteiger partial charge in [-0.1, -0.05) is 30.3 Å². The molecule has 116 valence electrons. The van der Waals surface area contributed by atoms with Gasteiger partial charge in [0, 0.05) is 12.1 Å². The fourth-order valence-corrected chi connectivity index (χ4v) is 2.31. The van der Waals surface area contributed by atoms with E-state index >= 15 is 0 Å². The van der Waals surface area contributed by atoms with Gasteiger partial charge in [-0.25, -0.2) is 0 Å². The minimum atomic E-state index is -4.37. The van der Waals surface area contributed by atoms with Crippen molar-refractivity contribution in [2.24, 2.45) is 0 Å². The predicted octanol–water partition coefficient (Wildman–Crippen LogP) is 2.91. The van der Waals surface area contributed by atoms with E-state index in [1.165, 1.54) is 0 Å². The summed E-state index contributed by atoms with van der Waals surface area (Å²) in [6, 6.07) is 12.9. The van der Waals surface area contributed by atoms with Crippen molar-refractivity contribution >= 4 is 5.82 Å². The summed E-state index contributed by atoms with van der Waals surface area (Å²) in [6.45, 7) is 0.126. The van der Waals surface area contributed by atoms with E-state index in [1.807, 2.05) is 30.3 Å². The number of benzene rings is 1. The normalized spacial score (nSPS) is 19.2. The molecule has 1 saturated heterocycles. The Balaban J connectivity index is 1.75. The van der Waals surface area contributed by atoms with Gasteiger partial charge in [0.2, 0.25) is 0 Å². The van der Waals surface area contributed by atoms with Crippen LogP contribution in [0.15, 0.2) is 42.5 Å². The molecule has 2 aromatic rings. The van der Waals surface area contributed by atoms with E-state index in [-0.39, 0.29) is 13.2 Å². The molecule has 22 heavy (non-hydrogen) atoms. The molecule has 1 aromatic carbocycles. The van der Waals surface area contributed by atoms with Crippen LogP contribution >= 0.6 is 0 Å². The van der Waals surface area contributed by atoms with E-state index in [1.54, 1.807) is 17.0 Å². The first-order valence-electron chi connectivity index (χ1n) is 6.86. The highest BCUT2D eigenvalue weighted by Gasteiger charge is 2.43. The summed E-state index contributed by atoms with van der Waals surface area (Å²) < 4.78 is 43.0. The Hall–Kier alpha value is -2.15. The third-order valence-electron chi connectivity index (χ3n) is 3.48. The standard InChI is InChI=1S/C15H14F3N3O/c16-15(17,18)13-10-21(8-9-22-13)14-7-6-12(19-20-14)11-4-2-1-3-5-11/h1-7,13H,8-10H2/t13-/m1/s1. The molecule has 1 fully saturated rings. The Morgan fingerprint density at radius 1 is 1.05 bits per heavy atom. The molecule has 1 aromatic heterocycles. The maximum absolute atomic E-state index is 12.7. The van der Waals surface area contributed by atoms with Crippen LogP contribution in [0.3, 0.4) is 0 Å². The van der Waals surface area contributed by atoms with E-state index in [4.69, 9.17) is 4.74 Å². The zero-order valence-electron chi connectivity index (χ0n) is 11.6. The SMILES string of the molecule is FC(F)(F)[C@H]1CN(c2ccc(-c3ccccc3)nn2)CCO1. The topological polar surface area (TPSA) is 38.2 Å². The summed E-state index contributed by atoms with van der Waals surface area (Å²) in [7, 11) is 0. The molecule has 1 atom stereocenters. The molecule has 0 unspecified atom stereocenters. The second kappa shape index (κ2) is 5.92. The molecule has 0 bridgehead atoms. The molecule has 0 aliphatic carbocycles. The predicted molar refractivity (Wildman–Crippen MR) is 75.5 cm³/mol. The third-order valence-corrected chi connectivity index (χ3v) is 3.48. The number of hydrogen-bond donors (Lipinski definition) is 0. The average Bonchev–Trinajstić information content (AvgIpc) is 2.55. The molecular weight excluding hydrogens is 295 g/mol. The van der Waals surface area contributed by atoms with Gasteiger partial charge in [-0.3, -0.25) is 0 Å². The molecule has 2 heterocycles. The molecule has 3 rings (SSSR count). The quantitative estimate of drug-likeness (QED) is 0.855. The minimum absolute atomic E-state index is 0.0201. The van der Waals surface area contributed by atoms with Gasteiger partial charge in [-0.15, -0.1) is 10.2 Å². The Bertz CT molecular complexity index is 616. The monoisotopic (exact) mass is 309 g/mol. The molecule has 0 amide bonds. The molecule has 0 spiro atoms. The Morgan fingerprint density at radius 2 is 1.82 bits per heavy atom. The van der Waals surface area contributed by atoms with Crippen molar-refractivity contribution in [3.05, 3.63) is 42.5 Å². The maximum atomic E-state index is 12.7. The lowest BCUT2D eigenvalue weighted by Crippen LogP contribution is -2.49. The summed E-state index contributed by atoms with van der Waals surface area (Å²) in [5, 5.41) is 8.15. The van der Waals surface area contributed by atoms with Crippen LogP contribution in [0.5, 0.6) is 0 Å². The second-order valence-electron chi connectivity index (χ2n) is 4.99. The second-order valence-corrected chi connectivity index (χ2v) is 4.99. The number of halogens is 3. The van der Waals surface area contributed by atoms with Crippen LogP contribution in [0, 0.1) is 0 Å². The number of nitrogens with zero attached hydrogens (tertiary/aromatic N) is 3. The van der Waals surface area contributed by atoms with Crippen LogP contribution < -0.4 is 4.90 Å². The lowest BCUT2D eigenvalue weighted by atomic mass is 10.1. The van der Waals surface area contributed by atoms with Crippen molar-refractivity contribution in [1.82, 2.24) is 10.2 Å². The molecular formula is C15H14F3N3O. The van der Waals surface area contributed by atoms with E-state index in [0.717, 1.165) is 5.56 Å². The molecule has 1 aliphatic rings. The first-order chi connectivity index (χ1) is 10.5. The zero-order chi connectivity index (χ0) is 15.6. The number of alkyl halides is 3. The number of anilines is 1.